The maximum atomic E-state index is 10.8. The number of hydrogen-bond donors (Lipinski definition) is 0. The number of carbonyl (C=O) groups excluding carboxylic acids is 1. The van der Waals surface area contributed by atoms with E-state index in [9.17, 15) is 4.79 Å². The van der Waals surface area contributed by atoms with Crippen molar-refractivity contribution in [3.63, 3.8) is 0 Å². The number of hydrogen-bond acceptors (Lipinski definition) is 2. The molecule has 10 heavy (non-hydrogen) atoms. The van der Waals surface area contributed by atoms with Crippen molar-refractivity contribution in [1.29, 1.82) is 0 Å². The van der Waals surface area contributed by atoms with Gasteiger partial charge in [-0.3, -0.25) is 4.79 Å². The third-order valence-electron chi connectivity index (χ3n) is 1.46. The zero-order chi connectivity index (χ0) is 7.78. The van der Waals surface area contributed by atoms with Crippen molar-refractivity contribution in [2.75, 3.05) is 0 Å². The first-order chi connectivity index (χ1) is 4.49. The van der Waals surface area contributed by atoms with Crippen molar-refractivity contribution >= 4 is 5.97 Å². The van der Waals surface area contributed by atoms with Gasteiger partial charge in [0.1, 0.15) is 5.60 Å². The van der Waals surface area contributed by atoms with Crippen molar-refractivity contribution in [1.82, 2.24) is 0 Å². The van der Waals surface area contributed by atoms with E-state index in [-0.39, 0.29) is 11.6 Å². The summed E-state index contributed by atoms with van der Waals surface area (Å²) in [6.45, 7) is 7.56. The van der Waals surface area contributed by atoms with Crippen LogP contribution in [0.15, 0.2) is 12.2 Å². The average molecular weight is 140 g/mol. The van der Waals surface area contributed by atoms with Gasteiger partial charge in [0, 0.05) is 6.42 Å². The predicted octanol–water partition coefficient (Wildman–Crippen LogP) is 1.66. The molecule has 0 aliphatic carbocycles. The van der Waals surface area contributed by atoms with E-state index in [1.54, 1.807) is 0 Å². The molecular formula is C8H12O2. The van der Waals surface area contributed by atoms with Gasteiger partial charge in [0.2, 0.25) is 0 Å². The topological polar surface area (TPSA) is 26.3 Å². The summed E-state index contributed by atoms with van der Waals surface area (Å²) in [4.78, 5) is 10.8. The van der Waals surface area contributed by atoms with Crippen LogP contribution in [0.4, 0.5) is 0 Å². The Hall–Kier alpha value is -0.790. The molecule has 1 aliphatic heterocycles. The number of esters is 1. The Kier molecular flexibility index (Phi) is 1.55. The molecule has 0 spiro atoms. The second kappa shape index (κ2) is 2.11. The average Bonchev–Trinajstić information content (AvgIpc) is 1.54. The SMILES string of the molecule is C=C1CC(=O)OC(C)(C)C1. The first kappa shape index (κ1) is 7.32. The standard InChI is InChI=1S/C8H12O2/c1-6-4-7(9)10-8(2,3)5-6/h1,4-5H2,2-3H3. The second-order valence-corrected chi connectivity index (χ2v) is 3.34. The maximum Gasteiger partial charge on any atom is 0.310 e. The van der Waals surface area contributed by atoms with Crippen molar-refractivity contribution in [2.45, 2.75) is 32.3 Å². The van der Waals surface area contributed by atoms with E-state index in [2.05, 4.69) is 6.58 Å². The summed E-state index contributed by atoms with van der Waals surface area (Å²) in [5.74, 6) is -0.152. The highest BCUT2D eigenvalue weighted by atomic mass is 16.6. The Morgan fingerprint density at radius 1 is 1.60 bits per heavy atom. The first-order valence-electron chi connectivity index (χ1n) is 3.38. The normalized spacial score (nSPS) is 24.2. The van der Waals surface area contributed by atoms with Crippen molar-refractivity contribution in [3.8, 4) is 0 Å². The van der Waals surface area contributed by atoms with Crippen LogP contribution in [0.25, 0.3) is 0 Å². The van der Waals surface area contributed by atoms with Gasteiger partial charge < -0.3 is 4.74 Å². The predicted molar refractivity (Wildman–Crippen MR) is 38.5 cm³/mol. The first-order valence-corrected chi connectivity index (χ1v) is 3.38. The molecule has 0 saturated carbocycles. The van der Waals surface area contributed by atoms with Gasteiger partial charge in [-0.1, -0.05) is 12.2 Å². The van der Waals surface area contributed by atoms with Crippen LogP contribution in [0, 0.1) is 0 Å². The molecule has 1 saturated heterocycles. The lowest BCUT2D eigenvalue weighted by Crippen LogP contribution is -2.33. The molecule has 0 atom stereocenters. The van der Waals surface area contributed by atoms with Crippen LogP contribution in [0.1, 0.15) is 26.7 Å². The molecule has 0 aromatic heterocycles. The quantitative estimate of drug-likeness (QED) is 0.378. The highest BCUT2D eigenvalue weighted by Gasteiger charge is 2.29. The van der Waals surface area contributed by atoms with Crippen LogP contribution in [0.3, 0.4) is 0 Å². The van der Waals surface area contributed by atoms with Crippen molar-refractivity contribution in [3.05, 3.63) is 12.2 Å². The summed E-state index contributed by atoms with van der Waals surface area (Å²) < 4.78 is 5.04. The molecule has 2 heteroatoms. The Labute approximate surface area is 60.9 Å². The summed E-state index contributed by atoms with van der Waals surface area (Å²) >= 11 is 0. The van der Waals surface area contributed by atoms with Gasteiger partial charge in [-0.2, -0.15) is 0 Å². The minimum atomic E-state index is -0.327. The summed E-state index contributed by atoms with van der Waals surface area (Å²) in [6.07, 6.45) is 1.18. The Balaban J connectivity index is 2.68. The smallest absolute Gasteiger partial charge is 0.310 e. The van der Waals surface area contributed by atoms with Gasteiger partial charge in [-0.15, -0.1) is 0 Å². The number of ether oxygens (including phenoxy) is 1. The van der Waals surface area contributed by atoms with Gasteiger partial charge in [0.25, 0.3) is 0 Å². The van der Waals surface area contributed by atoms with Gasteiger partial charge in [-0.25, -0.2) is 0 Å². The van der Waals surface area contributed by atoms with E-state index in [0.29, 0.717) is 6.42 Å². The molecule has 2 nitrogen and oxygen atoms in total. The molecule has 0 unspecified atom stereocenters. The second-order valence-electron chi connectivity index (χ2n) is 3.34. The summed E-state index contributed by atoms with van der Waals surface area (Å²) in [5, 5.41) is 0. The fourth-order valence-electron chi connectivity index (χ4n) is 1.25. The summed E-state index contributed by atoms with van der Waals surface area (Å²) in [7, 11) is 0. The minimum Gasteiger partial charge on any atom is -0.459 e. The third kappa shape index (κ3) is 1.59. The molecule has 1 heterocycles. The zero-order valence-electron chi connectivity index (χ0n) is 6.44. The van der Waals surface area contributed by atoms with E-state index in [0.717, 1.165) is 12.0 Å². The van der Waals surface area contributed by atoms with E-state index >= 15 is 0 Å². The lowest BCUT2D eigenvalue weighted by molar-refractivity contribution is -0.159. The molecule has 1 fully saturated rings. The molecule has 0 aromatic carbocycles. The van der Waals surface area contributed by atoms with E-state index < -0.39 is 0 Å². The van der Waals surface area contributed by atoms with Gasteiger partial charge in [-0.05, 0) is 13.8 Å². The molecule has 1 aliphatic rings. The molecule has 0 amide bonds. The Morgan fingerprint density at radius 2 is 2.20 bits per heavy atom. The van der Waals surface area contributed by atoms with Crippen LogP contribution in [-0.2, 0) is 9.53 Å². The number of cyclic esters (lactones) is 1. The fraction of sp³-hybridized carbons (Fsp3) is 0.625. The maximum absolute atomic E-state index is 10.8. The van der Waals surface area contributed by atoms with E-state index in [4.69, 9.17) is 4.74 Å². The minimum absolute atomic E-state index is 0.152. The zero-order valence-corrected chi connectivity index (χ0v) is 6.44. The van der Waals surface area contributed by atoms with Crippen LogP contribution in [0.2, 0.25) is 0 Å². The summed E-state index contributed by atoms with van der Waals surface area (Å²) in [6, 6.07) is 0. The van der Waals surface area contributed by atoms with Crippen LogP contribution in [-0.4, -0.2) is 11.6 Å². The molecule has 0 aromatic rings. The van der Waals surface area contributed by atoms with Crippen LogP contribution < -0.4 is 0 Å². The van der Waals surface area contributed by atoms with E-state index in [1.165, 1.54) is 0 Å². The third-order valence-corrected chi connectivity index (χ3v) is 1.46. The molecule has 0 radical (unpaired) electrons. The molecule has 1 rings (SSSR count). The lowest BCUT2D eigenvalue weighted by atomic mass is 9.94. The van der Waals surface area contributed by atoms with Crippen molar-refractivity contribution < 1.29 is 9.53 Å². The number of carbonyl (C=O) groups is 1. The molecule has 0 N–H and O–H groups in total. The fourth-order valence-corrected chi connectivity index (χ4v) is 1.25. The lowest BCUT2D eigenvalue weighted by Gasteiger charge is -2.30. The Bertz CT molecular complexity index is 162. The van der Waals surface area contributed by atoms with Crippen LogP contribution in [0.5, 0.6) is 0 Å². The Morgan fingerprint density at radius 3 is 2.60 bits per heavy atom. The monoisotopic (exact) mass is 140 g/mol. The molecule has 56 valence electrons. The van der Waals surface area contributed by atoms with Gasteiger partial charge >= 0.3 is 5.97 Å². The largest absolute Gasteiger partial charge is 0.459 e. The molecular weight excluding hydrogens is 128 g/mol. The molecule has 0 bridgehead atoms. The van der Waals surface area contributed by atoms with Gasteiger partial charge in [0.15, 0.2) is 0 Å². The van der Waals surface area contributed by atoms with Gasteiger partial charge in [0.05, 0.1) is 6.42 Å². The number of rotatable bonds is 0. The summed E-state index contributed by atoms with van der Waals surface area (Å²) in [5.41, 5.74) is 0.646. The van der Waals surface area contributed by atoms with Crippen molar-refractivity contribution in [2.24, 2.45) is 0 Å². The van der Waals surface area contributed by atoms with Crippen LogP contribution >= 0.6 is 0 Å². The highest BCUT2D eigenvalue weighted by molar-refractivity contribution is 5.74. The van der Waals surface area contributed by atoms with E-state index in [1.807, 2.05) is 13.8 Å². The highest BCUT2D eigenvalue weighted by Crippen LogP contribution is 2.27.